The van der Waals surface area contributed by atoms with Gasteiger partial charge >= 0.3 is 0 Å². The fraction of sp³-hybridized carbons (Fsp3) is 0.538. The molecule has 0 fully saturated rings. The summed E-state index contributed by atoms with van der Waals surface area (Å²) in [6.45, 7) is 4.53. The van der Waals surface area contributed by atoms with Crippen LogP contribution in [0.5, 0.6) is 11.5 Å². The fourth-order valence-electron chi connectivity index (χ4n) is 1.58. The Kier molecular flexibility index (Phi) is 5.62. The van der Waals surface area contributed by atoms with Crippen LogP contribution in [0.15, 0.2) is 18.2 Å². The second-order valence-corrected chi connectivity index (χ2v) is 6.17. The smallest absolute Gasteiger partial charge is 0.120 e. The van der Waals surface area contributed by atoms with E-state index in [2.05, 4.69) is 5.32 Å². The molecule has 0 saturated heterocycles. The number of aromatic hydroxyl groups is 1. The van der Waals surface area contributed by atoms with Crippen molar-refractivity contribution in [3.63, 3.8) is 0 Å². The predicted octanol–water partition coefficient (Wildman–Crippen LogP) is 1.82. The molecule has 0 saturated carbocycles. The minimum absolute atomic E-state index is 0.0221. The monoisotopic (exact) mass is 271 g/mol. The molecule has 18 heavy (non-hydrogen) atoms. The Morgan fingerprint density at radius 2 is 2.11 bits per heavy atom. The highest BCUT2D eigenvalue weighted by atomic mass is 32.2. The topological polar surface area (TPSA) is 58.6 Å². The summed E-state index contributed by atoms with van der Waals surface area (Å²) in [5.74, 6) is 0.949. The molecule has 3 unspecified atom stereocenters. The van der Waals surface area contributed by atoms with Crippen LogP contribution < -0.4 is 10.1 Å². The van der Waals surface area contributed by atoms with Crippen molar-refractivity contribution in [1.29, 1.82) is 0 Å². The molecule has 5 heteroatoms. The molecule has 4 nitrogen and oxygen atoms in total. The van der Waals surface area contributed by atoms with Crippen molar-refractivity contribution in [2.45, 2.75) is 25.1 Å². The maximum Gasteiger partial charge on any atom is 0.120 e. The van der Waals surface area contributed by atoms with Crippen LogP contribution >= 0.6 is 0 Å². The van der Waals surface area contributed by atoms with E-state index in [0.717, 1.165) is 5.56 Å². The van der Waals surface area contributed by atoms with Crippen molar-refractivity contribution in [2.24, 2.45) is 0 Å². The van der Waals surface area contributed by atoms with Gasteiger partial charge in [-0.25, -0.2) is 0 Å². The molecule has 102 valence electrons. The van der Waals surface area contributed by atoms with E-state index in [-0.39, 0.29) is 17.0 Å². The van der Waals surface area contributed by atoms with E-state index < -0.39 is 10.8 Å². The van der Waals surface area contributed by atoms with Gasteiger partial charge in [0.05, 0.1) is 7.11 Å². The Hall–Kier alpha value is -1.07. The highest BCUT2D eigenvalue weighted by molar-refractivity contribution is 7.84. The summed E-state index contributed by atoms with van der Waals surface area (Å²) in [4.78, 5) is 0. The van der Waals surface area contributed by atoms with Gasteiger partial charge in [-0.2, -0.15) is 0 Å². The Morgan fingerprint density at radius 1 is 1.44 bits per heavy atom. The van der Waals surface area contributed by atoms with Crippen LogP contribution in [-0.2, 0) is 10.8 Å². The Labute approximate surface area is 111 Å². The fourth-order valence-corrected chi connectivity index (χ4v) is 1.91. The number of hydrogen-bond donors (Lipinski definition) is 2. The lowest BCUT2D eigenvalue weighted by molar-refractivity contribution is 0.407. The van der Waals surface area contributed by atoms with Gasteiger partial charge in [0, 0.05) is 40.5 Å². The third-order valence-corrected chi connectivity index (χ3v) is 4.28. The molecule has 0 heterocycles. The first-order valence-electron chi connectivity index (χ1n) is 5.88. The van der Waals surface area contributed by atoms with E-state index >= 15 is 0 Å². The molecule has 2 N–H and O–H groups in total. The minimum Gasteiger partial charge on any atom is -0.508 e. The van der Waals surface area contributed by atoms with E-state index in [1.807, 2.05) is 13.8 Å². The predicted molar refractivity (Wildman–Crippen MR) is 74.6 cm³/mol. The molecule has 0 spiro atoms. The van der Waals surface area contributed by atoms with E-state index in [0.29, 0.717) is 12.3 Å². The van der Waals surface area contributed by atoms with E-state index in [1.54, 1.807) is 31.6 Å². The largest absolute Gasteiger partial charge is 0.508 e. The van der Waals surface area contributed by atoms with Gasteiger partial charge in [0.2, 0.25) is 0 Å². The van der Waals surface area contributed by atoms with Gasteiger partial charge in [0.15, 0.2) is 0 Å². The molecule has 0 radical (unpaired) electrons. The van der Waals surface area contributed by atoms with Crippen LogP contribution in [0.3, 0.4) is 0 Å². The molecule has 0 aromatic heterocycles. The molecular weight excluding hydrogens is 250 g/mol. The molecule has 0 bridgehead atoms. The lowest BCUT2D eigenvalue weighted by Crippen LogP contribution is -2.29. The zero-order valence-electron chi connectivity index (χ0n) is 11.3. The number of rotatable bonds is 6. The Balaban J connectivity index is 2.71. The third-order valence-electron chi connectivity index (χ3n) is 2.98. The first kappa shape index (κ1) is 15.0. The molecular formula is C13H21NO3S. The summed E-state index contributed by atoms with van der Waals surface area (Å²) in [5, 5.41) is 13.2. The van der Waals surface area contributed by atoms with Crippen molar-refractivity contribution >= 4 is 10.8 Å². The van der Waals surface area contributed by atoms with Crippen LogP contribution in [0, 0.1) is 0 Å². The van der Waals surface area contributed by atoms with Crippen molar-refractivity contribution in [2.75, 3.05) is 19.9 Å². The van der Waals surface area contributed by atoms with E-state index in [1.165, 1.54) is 0 Å². The maximum atomic E-state index is 11.3. The van der Waals surface area contributed by atoms with E-state index in [9.17, 15) is 9.32 Å². The summed E-state index contributed by atoms with van der Waals surface area (Å²) in [6.07, 6.45) is 1.69. The minimum atomic E-state index is -0.844. The summed E-state index contributed by atoms with van der Waals surface area (Å²) >= 11 is 0. The summed E-state index contributed by atoms with van der Waals surface area (Å²) in [7, 11) is 0.750. The first-order chi connectivity index (χ1) is 8.45. The quantitative estimate of drug-likeness (QED) is 0.828. The third kappa shape index (κ3) is 3.99. The number of hydrogen-bond acceptors (Lipinski definition) is 4. The second-order valence-electron chi connectivity index (χ2n) is 4.36. The average molecular weight is 271 g/mol. The lowest BCUT2D eigenvalue weighted by atomic mass is 10.1. The number of ether oxygens (including phenoxy) is 1. The maximum absolute atomic E-state index is 11.3. The van der Waals surface area contributed by atoms with Gasteiger partial charge in [-0.1, -0.05) is 0 Å². The number of benzene rings is 1. The van der Waals surface area contributed by atoms with Crippen LogP contribution in [0.25, 0.3) is 0 Å². The first-order valence-corrected chi connectivity index (χ1v) is 7.50. The normalized spacial score (nSPS) is 16.0. The van der Waals surface area contributed by atoms with Gasteiger partial charge in [-0.15, -0.1) is 0 Å². The van der Waals surface area contributed by atoms with Crippen LogP contribution in [0.4, 0.5) is 0 Å². The molecule has 0 aliphatic rings. The van der Waals surface area contributed by atoms with Crippen molar-refractivity contribution < 1.29 is 14.1 Å². The molecule has 1 rings (SSSR count). The molecule has 1 aromatic carbocycles. The number of phenolic OH excluding ortho intramolecular Hbond substituents is 1. The zero-order chi connectivity index (χ0) is 13.7. The lowest BCUT2D eigenvalue weighted by Gasteiger charge is -2.18. The van der Waals surface area contributed by atoms with Gasteiger partial charge in [0.25, 0.3) is 0 Å². The molecule has 0 aliphatic carbocycles. The summed E-state index contributed by atoms with van der Waals surface area (Å²) in [5.41, 5.74) is 0.781. The summed E-state index contributed by atoms with van der Waals surface area (Å²) < 4.78 is 16.4. The number of nitrogens with one attached hydrogen (secondary N) is 1. The standard InChI is InChI=1S/C13H21NO3S/c1-9(18(4)16)8-14-10(2)12-7-11(17-3)5-6-13(12)15/h5-7,9-10,14-15H,8H2,1-4H3. The van der Waals surface area contributed by atoms with Crippen molar-refractivity contribution in [1.82, 2.24) is 5.32 Å². The van der Waals surface area contributed by atoms with Gasteiger partial charge in [-0.3, -0.25) is 4.21 Å². The van der Waals surface area contributed by atoms with Gasteiger partial charge in [-0.05, 0) is 32.0 Å². The van der Waals surface area contributed by atoms with Crippen LogP contribution in [0.2, 0.25) is 0 Å². The SMILES string of the molecule is COc1ccc(O)c(C(C)NCC(C)S(C)=O)c1. The van der Waals surface area contributed by atoms with Crippen molar-refractivity contribution in [3.8, 4) is 11.5 Å². The zero-order valence-corrected chi connectivity index (χ0v) is 12.1. The Morgan fingerprint density at radius 3 is 2.67 bits per heavy atom. The average Bonchev–Trinajstić information content (AvgIpc) is 2.35. The highest BCUT2D eigenvalue weighted by Gasteiger charge is 2.13. The second kappa shape index (κ2) is 6.75. The van der Waals surface area contributed by atoms with Crippen LogP contribution in [-0.4, -0.2) is 34.5 Å². The number of methoxy groups -OCH3 is 1. The summed E-state index contributed by atoms with van der Waals surface area (Å²) in [6, 6.07) is 5.12. The highest BCUT2D eigenvalue weighted by Crippen LogP contribution is 2.28. The van der Waals surface area contributed by atoms with Gasteiger partial charge in [0.1, 0.15) is 11.5 Å². The van der Waals surface area contributed by atoms with E-state index in [4.69, 9.17) is 4.74 Å². The van der Waals surface area contributed by atoms with Gasteiger partial charge < -0.3 is 15.2 Å². The molecule has 1 aromatic rings. The molecule has 0 amide bonds. The molecule has 0 aliphatic heterocycles. The Bertz CT molecular complexity index is 423. The van der Waals surface area contributed by atoms with Crippen LogP contribution in [0.1, 0.15) is 25.5 Å². The molecule has 3 atom stereocenters. The number of phenols is 1. The van der Waals surface area contributed by atoms with Crippen molar-refractivity contribution in [3.05, 3.63) is 23.8 Å².